The third-order valence-corrected chi connectivity index (χ3v) is 6.34. The van der Waals surface area contributed by atoms with Gasteiger partial charge in [-0.15, -0.1) is 0 Å². The van der Waals surface area contributed by atoms with Gasteiger partial charge in [0.05, 0.1) is 42.9 Å². The Morgan fingerprint density at radius 1 is 1.31 bits per heavy atom. The van der Waals surface area contributed by atoms with Crippen molar-refractivity contribution in [1.82, 2.24) is 34.8 Å². The van der Waals surface area contributed by atoms with Crippen LogP contribution in [0.3, 0.4) is 0 Å². The number of unbranched alkanes of at least 4 members (excludes halogenated alkanes) is 3. The van der Waals surface area contributed by atoms with Crippen LogP contribution < -0.4 is 16.2 Å². The van der Waals surface area contributed by atoms with Crippen molar-refractivity contribution >= 4 is 37.6 Å². The van der Waals surface area contributed by atoms with Crippen LogP contribution in [0.1, 0.15) is 44.0 Å². The Morgan fingerprint density at radius 3 is 2.92 bits per heavy atom. The van der Waals surface area contributed by atoms with Crippen LogP contribution in [-0.2, 0) is 14.1 Å². The second kappa shape index (κ2) is 12.5. The molecule has 4 rings (SSSR count). The molecule has 3 unspecified atom stereocenters. The highest BCUT2D eigenvalue weighted by molar-refractivity contribution is 7.23. The third-order valence-electron chi connectivity index (χ3n) is 5.83. The summed E-state index contributed by atoms with van der Waals surface area (Å²) in [5.74, 6) is 0.188. The summed E-state index contributed by atoms with van der Waals surface area (Å²) in [5, 5.41) is 16.1. The highest BCUT2D eigenvalue weighted by Gasteiger charge is 2.35. The molecule has 1 saturated heterocycles. The Labute approximate surface area is 208 Å². The molecule has 13 nitrogen and oxygen atoms in total. The Bertz CT molecular complexity index is 1240. The average Bonchev–Trinajstić information content (AvgIpc) is 3.60. The van der Waals surface area contributed by atoms with Crippen LogP contribution in [-0.4, -0.2) is 72.0 Å². The number of aliphatic hydroxyl groups is 1. The molecule has 1 amide bonds. The van der Waals surface area contributed by atoms with E-state index in [0.29, 0.717) is 31.1 Å². The highest BCUT2D eigenvalue weighted by atomic mass is 31.1. The van der Waals surface area contributed by atoms with Gasteiger partial charge in [0.25, 0.3) is 5.56 Å². The number of rotatable bonds is 13. The summed E-state index contributed by atoms with van der Waals surface area (Å²) < 4.78 is 18.3. The SMILES string of the molecule is O=PCC1OC(n2cnc3c(=O)[nH]c(NCCCCCCNC(=O)/C=C/c4cnc[nH]4)nc32)CC1O. The molecule has 1 aliphatic rings. The number of H-pyrrole nitrogens is 2. The molecule has 1 aliphatic heterocycles. The van der Waals surface area contributed by atoms with Crippen LogP contribution >= 0.6 is 8.46 Å². The van der Waals surface area contributed by atoms with E-state index < -0.39 is 18.4 Å². The van der Waals surface area contributed by atoms with Gasteiger partial charge >= 0.3 is 0 Å². The lowest BCUT2D eigenvalue weighted by atomic mass is 10.2. The van der Waals surface area contributed by atoms with Crippen LogP contribution in [0.15, 0.2) is 29.7 Å². The third kappa shape index (κ3) is 6.62. The normalized spacial score (nSPS) is 20.0. The van der Waals surface area contributed by atoms with Crippen molar-refractivity contribution in [2.45, 2.75) is 50.5 Å². The number of aromatic amines is 2. The van der Waals surface area contributed by atoms with Gasteiger partial charge in [-0.2, -0.15) is 4.98 Å². The number of imidazole rings is 2. The van der Waals surface area contributed by atoms with Crippen LogP contribution in [0.5, 0.6) is 0 Å². The molecule has 4 heterocycles. The van der Waals surface area contributed by atoms with Crippen molar-refractivity contribution in [1.29, 1.82) is 0 Å². The van der Waals surface area contributed by atoms with E-state index >= 15 is 0 Å². The Balaban J connectivity index is 1.19. The summed E-state index contributed by atoms with van der Waals surface area (Å²) in [7, 11) is -0.0979. The molecular formula is C22H29N8O5P. The van der Waals surface area contributed by atoms with Crippen LogP contribution in [0.4, 0.5) is 5.95 Å². The largest absolute Gasteiger partial charge is 0.390 e. The molecule has 1 fully saturated rings. The maximum Gasteiger partial charge on any atom is 0.280 e. The van der Waals surface area contributed by atoms with E-state index in [0.717, 1.165) is 31.4 Å². The summed E-state index contributed by atoms with van der Waals surface area (Å²) in [6, 6.07) is 0. The Kier molecular flexibility index (Phi) is 8.93. The first-order valence-corrected chi connectivity index (χ1v) is 12.8. The number of carbonyl (C=O) groups is 1. The number of carbonyl (C=O) groups excluding carboxylic acids is 1. The molecule has 0 aliphatic carbocycles. The fraction of sp³-hybridized carbons (Fsp3) is 0.500. The minimum Gasteiger partial charge on any atom is -0.390 e. The van der Waals surface area contributed by atoms with Crippen LogP contribution in [0, 0.1) is 0 Å². The van der Waals surface area contributed by atoms with Crippen molar-refractivity contribution in [2.75, 3.05) is 24.6 Å². The van der Waals surface area contributed by atoms with Crippen molar-refractivity contribution in [3.05, 3.63) is 41.0 Å². The predicted octanol–water partition coefficient (Wildman–Crippen LogP) is 1.58. The van der Waals surface area contributed by atoms with Crippen LogP contribution in [0.25, 0.3) is 17.2 Å². The first-order chi connectivity index (χ1) is 17.5. The smallest absolute Gasteiger partial charge is 0.280 e. The van der Waals surface area contributed by atoms with Gasteiger partial charge in [-0.3, -0.25) is 23.7 Å². The molecule has 36 heavy (non-hydrogen) atoms. The zero-order chi connectivity index (χ0) is 25.3. The Morgan fingerprint density at radius 2 is 2.14 bits per heavy atom. The number of amides is 1. The number of hydrogen-bond donors (Lipinski definition) is 5. The van der Waals surface area contributed by atoms with E-state index in [1.807, 2.05) is 0 Å². The topological polar surface area (TPSA) is 180 Å². The van der Waals surface area contributed by atoms with E-state index in [4.69, 9.17) is 4.74 Å². The zero-order valence-electron chi connectivity index (χ0n) is 19.6. The second-order valence-electron chi connectivity index (χ2n) is 8.45. The number of aromatic nitrogens is 6. The van der Waals surface area contributed by atoms with Gasteiger partial charge < -0.3 is 25.5 Å². The molecule has 0 bridgehead atoms. The number of fused-ring (bicyclic) bond motifs is 1. The van der Waals surface area contributed by atoms with E-state index in [1.165, 1.54) is 12.4 Å². The summed E-state index contributed by atoms with van der Waals surface area (Å²) in [5.41, 5.74) is 0.945. The number of hydrogen-bond acceptors (Lipinski definition) is 9. The second-order valence-corrected chi connectivity index (χ2v) is 9.08. The maximum absolute atomic E-state index is 12.4. The molecule has 3 aromatic heterocycles. The minimum absolute atomic E-state index is 0.0979. The fourth-order valence-corrected chi connectivity index (χ4v) is 4.42. The summed E-state index contributed by atoms with van der Waals surface area (Å²) in [6.07, 6.45) is 10.1. The van der Waals surface area contributed by atoms with Crippen molar-refractivity contribution in [2.24, 2.45) is 0 Å². The van der Waals surface area contributed by atoms with Crippen molar-refractivity contribution in [3.8, 4) is 0 Å². The molecular weight excluding hydrogens is 487 g/mol. The van der Waals surface area contributed by atoms with E-state index in [2.05, 4.69) is 35.6 Å². The lowest BCUT2D eigenvalue weighted by Crippen LogP contribution is -2.22. The standard InChI is InChI=1S/C22H29N8O5P/c31-15-9-18(35-16(15)11-36-34)30-13-27-19-20(30)28-22(29-21(19)33)25-8-4-2-1-3-7-24-17(32)6-5-14-10-23-12-26-14/h5-6,10,12-13,15-16,18,31H,1-4,7-9,11H2,(H,23,26)(H,24,32)(H2,25,28,29,33)/b6-5+. The van der Waals surface area contributed by atoms with E-state index in [1.54, 1.807) is 23.2 Å². The number of aliphatic hydroxyl groups excluding tert-OH is 1. The summed E-state index contributed by atoms with van der Waals surface area (Å²) >= 11 is 0. The molecule has 0 saturated carbocycles. The molecule has 192 valence electrons. The summed E-state index contributed by atoms with van der Waals surface area (Å²) in [4.78, 5) is 42.3. The molecule has 14 heteroatoms. The van der Waals surface area contributed by atoms with Gasteiger partial charge in [0, 0.05) is 25.6 Å². The lowest BCUT2D eigenvalue weighted by molar-refractivity contribution is -0.116. The number of ether oxygens (including phenoxy) is 1. The van der Waals surface area contributed by atoms with Gasteiger partial charge in [0.1, 0.15) is 6.23 Å². The van der Waals surface area contributed by atoms with Gasteiger partial charge in [0.15, 0.2) is 19.6 Å². The number of nitrogens with zero attached hydrogens (tertiary/aromatic N) is 4. The quantitative estimate of drug-likeness (QED) is 0.128. The summed E-state index contributed by atoms with van der Waals surface area (Å²) in [6.45, 7) is 1.22. The molecule has 0 radical (unpaired) electrons. The van der Waals surface area contributed by atoms with Gasteiger partial charge in [-0.05, 0) is 18.9 Å². The average molecular weight is 516 g/mol. The van der Waals surface area contributed by atoms with Crippen molar-refractivity contribution in [3.63, 3.8) is 0 Å². The fourth-order valence-electron chi connectivity index (χ4n) is 3.95. The Hall–Kier alpha value is -3.41. The van der Waals surface area contributed by atoms with Crippen LogP contribution in [0.2, 0.25) is 0 Å². The zero-order valence-corrected chi connectivity index (χ0v) is 20.5. The number of anilines is 1. The minimum atomic E-state index is -0.750. The monoisotopic (exact) mass is 516 g/mol. The number of nitrogens with one attached hydrogen (secondary N) is 4. The highest BCUT2D eigenvalue weighted by Crippen LogP contribution is 2.31. The van der Waals surface area contributed by atoms with E-state index in [-0.39, 0.29) is 31.6 Å². The van der Waals surface area contributed by atoms with Crippen molar-refractivity contribution < 1.29 is 19.2 Å². The van der Waals surface area contributed by atoms with Gasteiger partial charge in [0.2, 0.25) is 11.9 Å². The molecule has 0 spiro atoms. The first kappa shape index (κ1) is 25.7. The molecule has 0 aromatic carbocycles. The molecule has 3 atom stereocenters. The predicted molar refractivity (Wildman–Crippen MR) is 133 cm³/mol. The van der Waals surface area contributed by atoms with E-state index in [9.17, 15) is 19.3 Å². The van der Waals surface area contributed by atoms with Gasteiger partial charge in [-0.1, -0.05) is 12.8 Å². The molecule has 3 aromatic rings. The first-order valence-electron chi connectivity index (χ1n) is 11.8. The molecule has 5 N–H and O–H groups in total. The van der Waals surface area contributed by atoms with Gasteiger partial charge in [-0.25, -0.2) is 9.97 Å². The lowest BCUT2D eigenvalue weighted by Gasteiger charge is -2.13. The maximum atomic E-state index is 12.4.